The van der Waals surface area contributed by atoms with Crippen LogP contribution in [0.2, 0.25) is 0 Å². The molecule has 4 fully saturated rings. The lowest BCUT2D eigenvalue weighted by Gasteiger charge is -2.31. The van der Waals surface area contributed by atoms with Crippen LogP contribution in [0.25, 0.3) is 0 Å². The molecule has 2 heterocycles. The Labute approximate surface area is 216 Å². The third kappa shape index (κ3) is 7.42. The maximum absolute atomic E-state index is 14.3. The van der Waals surface area contributed by atoms with E-state index in [1.807, 2.05) is 0 Å². The molecule has 202 valence electrons. The van der Waals surface area contributed by atoms with Gasteiger partial charge in [0.05, 0.1) is 18.8 Å². The van der Waals surface area contributed by atoms with E-state index in [4.69, 9.17) is 18.9 Å². The number of aliphatic hydroxyl groups excluding tert-OH is 1. The largest absolute Gasteiger partial charge is 0.389 e. The van der Waals surface area contributed by atoms with Gasteiger partial charge in [-0.2, -0.15) is 0 Å². The van der Waals surface area contributed by atoms with Gasteiger partial charge in [-0.25, -0.2) is 4.39 Å². The van der Waals surface area contributed by atoms with E-state index in [1.165, 1.54) is 0 Å². The highest BCUT2D eigenvalue weighted by Gasteiger charge is 2.48. The highest BCUT2D eigenvalue weighted by molar-refractivity contribution is 5.21. The van der Waals surface area contributed by atoms with E-state index >= 15 is 0 Å². The van der Waals surface area contributed by atoms with Gasteiger partial charge in [0.1, 0.15) is 5.83 Å². The molecule has 2 aliphatic heterocycles. The van der Waals surface area contributed by atoms with E-state index < -0.39 is 6.61 Å². The quantitative estimate of drug-likeness (QED) is 0.305. The first-order valence-corrected chi connectivity index (χ1v) is 14.2. The lowest BCUT2D eigenvalue weighted by atomic mass is 9.89. The van der Waals surface area contributed by atoms with Crippen LogP contribution in [0.4, 0.5) is 4.39 Å². The monoisotopic (exact) mass is 504 g/mol. The normalized spacial score (nSPS) is 35.8. The number of allylic oxidation sites excluding steroid dienone is 1. The Balaban J connectivity index is 1.51. The topological polar surface area (TPSA) is 57.2 Å². The van der Waals surface area contributed by atoms with E-state index in [2.05, 4.69) is 37.8 Å². The van der Waals surface area contributed by atoms with E-state index in [9.17, 15) is 9.50 Å². The number of fused-ring (bicyclic) bond motifs is 1. The molecule has 4 rings (SSSR count). The Morgan fingerprint density at radius 2 is 1.86 bits per heavy atom. The number of aliphatic hydroxyl groups is 1. The van der Waals surface area contributed by atoms with Crippen LogP contribution in [-0.2, 0) is 18.9 Å². The number of hydrogen-bond acceptors (Lipinski definition) is 5. The van der Waals surface area contributed by atoms with Crippen molar-refractivity contribution >= 4 is 0 Å². The van der Waals surface area contributed by atoms with Crippen LogP contribution in [0.5, 0.6) is 0 Å². The summed E-state index contributed by atoms with van der Waals surface area (Å²) < 4.78 is 39.1. The van der Waals surface area contributed by atoms with Gasteiger partial charge in [-0.3, -0.25) is 0 Å². The number of ether oxygens (including phenoxy) is 4. The van der Waals surface area contributed by atoms with Crippen molar-refractivity contribution in [3.8, 4) is 11.8 Å². The molecule has 0 radical (unpaired) electrons. The predicted molar refractivity (Wildman–Crippen MR) is 137 cm³/mol. The second-order valence-electron chi connectivity index (χ2n) is 11.0. The van der Waals surface area contributed by atoms with Crippen molar-refractivity contribution in [3.05, 3.63) is 23.6 Å². The van der Waals surface area contributed by atoms with Crippen molar-refractivity contribution in [3.63, 3.8) is 0 Å². The third-order valence-corrected chi connectivity index (χ3v) is 8.30. The standard InChI is InChI=1S/C30H45FO5/c1-3-4-5-10-21(2)27(35-29-11-6-8-15-33-29)14-13-24-25-18-23(26(31)20-32)17-22(25)19-28(24)36-30-12-7-9-16-34-30/h13-14,21-22,24-25,27-30,32H,3,6-12,15-20H2,1-2H3/b14-13+,26-23?/t21-,22-,24+,25-,27+,28+,29?,30?/m0/s1. The molecular weight excluding hydrogens is 459 g/mol. The van der Waals surface area contributed by atoms with Crippen LogP contribution in [0.15, 0.2) is 23.6 Å². The van der Waals surface area contributed by atoms with Gasteiger partial charge in [-0.1, -0.05) is 26.0 Å². The number of halogens is 1. The zero-order valence-corrected chi connectivity index (χ0v) is 22.1. The fraction of sp³-hybridized carbons (Fsp3) is 0.800. The summed E-state index contributed by atoms with van der Waals surface area (Å²) in [4.78, 5) is 0. The van der Waals surface area contributed by atoms with Gasteiger partial charge in [0, 0.05) is 32.0 Å². The van der Waals surface area contributed by atoms with Gasteiger partial charge in [-0.15, -0.1) is 11.8 Å². The summed E-state index contributed by atoms with van der Waals surface area (Å²) in [6, 6.07) is 0. The molecule has 5 nitrogen and oxygen atoms in total. The average Bonchev–Trinajstić information content (AvgIpc) is 3.45. The fourth-order valence-electron chi connectivity index (χ4n) is 6.28. The Hall–Kier alpha value is -1.23. The van der Waals surface area contributed by atoms with Crippen LogP contribution >= 0.6 is 0 Å². The second kappa shape index (κ2) is 14.1. The summed E-state index contributed by atoms with van der Waals surface area (Å²) in [5, 5.41) is 9.35. The molecule has 6 heteroatoms. The Morgan fingerprint density at radius 1 is 1.11 bits per heavy atom. The number of rotatable bonds is 9. The summed E-state index contributed by atoms with van der Waals surface area (Å²) in [6.45, 7) is 5.26. The number of hydrogen-bond donors (Lipinski definition) is 1. The highest BCUT2D eigenvalue weighted by atomic mass is 19.1. The molecular formula is C30H45FO5. The van der Waals surface area contributed by atoms with Crippen LogP contribution in [0, 0.1) is 35.5 Å². The molecule has 0 amide bonds. The summed E-state index contributed by atoms with van der Waals surface area (Å²) in [6.07, 6.45) is 14.3. The molecule has 2 saturated heterocycles. The highest BCUT2D eigenvalue weighted by Crippen LogP contribution is 2.52. The van der Waals surface area contributed by atoms with Gasteiger partial charge >= 0.3 is 0 Å². The Kier molecular flexibility index (Phi) is 10.9. The molecule has 8 atom stereocenters. The first-order valence-electron chi connectivity index (χ1n) is 14.2. The first-order chi connectivity index (χ1) is 17.6. The van der Waals surface area contributed by atoms with E-state index in [-0.39, 0.29) is 42.5 Å². The molecule has 2 saturated carbocycles. The van der Waals surface area contributed by atoms with Crippen molar-refractivity contribution in [2.45, 2.75) is 109 Å². The molecule has 0 aromatic rings. The minimum atomic E-state index is -0.501. The zero-order valence-electron chi connectivity index (χ0n) is 22.1. The van der Waals surface area contributed by atoms with Crippen LogP contribution in [0.3, 0.4) is 0 Å². The van der Waals surface area contributed by atoms with Crippen molar-refractivity contribution < 1.29 is 28.4 Å². The molecule has 0 bridgehead atoms. The van der Waals surface area contributed by atoms with Gasteiger partial charge in [0.25, 0.3) is 0 Å². The van der Waals surface area contributed by atoms with Crippen molar-refractivity contribution in [2.24, 2.45) is 23.7 Å². The molecule has 2 unspecified atom stereocenters. The minimum Gasteiger partial charge on any atom is -0.389 e. The van der Waals surface area contributed by atoms with E-state index in [0.29, 0.717) is 24.7 Å². The van der Waals surface area contributed by atoms with E-state index in [0.717, 1.165) is 76.6 Å². The van der Waals surface area contributed by atoms with Crippen LogP contribution in [-0.4, -0.2) is 49.7 Å². The summed E-state index contributed by atoms with van der Waals surface area (Å²) in [7, 11) is 0. The molecule has 0 aromatic carbocycles. The molecule has 0 aromatic heterocycles. The lowest BCUT2D eigenvalue weighted by molar-refractivity contribution is -0.193. The smallest absolute Gasteiger partial charge is 0.158 e. The zero-order chi connectivity index (χ0) is 25.3. The molecule has 36 heavy (non-hydrogen) atoms. The SMILES string of the molecule is CCC#CC[C@H](C)[C@@H](/C=C/[C@@H]1[C@H]2CC(=C(F)CO)C[C@H]2C[C@H]1OC1CCCCO1)OC1CCCCO1. The molecule has 4 aliphatic rings. The second-order valence-corrected chi connectivity index (χ2v) is 11.0. The van der Waals surface area contributed by atoms with Gasteiger partial charge in [-0.05, 0) is 81.1 Å². The Bertz CT molecular complexity index is 802. The maximum atomic E-state index is 14.3. The van der Waals surface area contributed by atoms with Crippen LogP contribution < -0.4 is 0 Å². The lowest BCUT2D eigenvalue weighted by Crippen LogP contribution is -2.32. The maximum Gasteiger partial charge on any atom is 0.158 e. The molecule has 0 spiro atoms. The molecule has 1 N–H and O–H groups in total. The third-order valence-electron chi connectivity index (χ3n) is 8.30. The summed E-state index contributed by atoms with van der Waals surface area (Å²) in [5.74, 6) is 7.20. The average molecular weight is 505 g/mol. The first kappa shape index (κ1) is 27.8. The van der Waals surface area contributed by atoms with Gasteiger partial charge in [0.2, 0.25) is 0 Å². The summed E-state index contributed by atoms with van der Waals surface area (Å²) in [5.41, 5.74) is 0.782. The van der Waals surface area contributed by atoms with Gasteiger partial charge in [0.15, 0.2) is 12.6 Å². The van der Waals surface area contributed by atoms with Crippen molar-refractivity contribution in [1.29, 1.82) is 0 Å². The van der Waals surface area contributed by atoms with Crippen molar-refractivity contribution in [2.75, 3.05) is 19.8 Å². The minimum absolute atomic E-state index is 0.0554. The Morgan fingerprint density at radius 3 is 2.53 bits per heavy atom. The van der Waals surface area contributed by atoms with Gasteiger partial charge < -0.3 is 24.1 Å². The predicted octanol–water partition coefficient (Wildman–Crippen LogP) is 6.07. The fourth-order valence-corrected chi connectivity index (χ4v) is 6.28. The van der Waals surface area contributed by atoms with E-state index in [1.54, 1.807) is 0 Å². The van der Waals surface area contributed by atoms with Crippen LogP contribution in [0.1, 0.15) is 84.5 Å². The summed E-state index contributed by atoms with van der Waals surface area (Å²) >= 11 is 0. The molecule has 2 aliphatic carbocycles. The van der Waals surface area contributed by atoms with Crippen molar-refractivity contribution in [1.82, 2.24) is 0 Å².